The molecule has 1 unspecified atom stereocenters. The predicted molar refractivity (Wildman–Crippen MR) is 54.5 cm³/mol. The summed E-state index contributed by atoms with van der Waals surface area (Å²) in [5, 5.41) is 10.2. The molecular weight excluding hydrogens is 176 g/mol. The van der Waals surface area contributed by atoms with Crippen LogP contribution in [0.25, 0.3) is 0 Å². The second-order valence-corrected chi connectivity index (χ2v) is 4.11. The van der Waals surface area contributed by atoms with E-state index in [2.05, 4.69) is 4.98 Å². The minimum absolute atomic E-state index is 0.0803. The first kappa shape index (κ1) is 9.62. The van der Waals surface area contributed by atoms with Crippen LogP contribution in [0.5, 0.6) is 0 Å². The lowest BCUT2D eigenvalue weighted by atomic mass is 9.64. The van der Waals surface area contributed by atoms with E-state index in [1.807, 2.05) is 12.1 Å². The maximum Gasteiger partial charge on any atom is 0.0873 e. The van der Waals surface area contributed by atoms with Crippen molar-refractivity contribution in [2.24, 2.45) is 11.1 Å². The summed E-state index contributed by atoms with van der Waals surface area (Å²) in [5.41, 5.74) is 6.53. The van der Waals surface area contributed by atoms with Crippen molar-refractivity contribution in [2.75, 3.05) is 6.54 Å². The van der Waals surface area contributed by atoms with Crippen molar-refractivity contribution >= 4 is 0 Å². The molecule has 2 rings (SSSR count). The van der Waals surface area contributed by atoms with Gasteiger partial charge in [-0.1, -0.05) is 12.5 Å². The van der Waals surface area contributed by atoms with Gasteiger partial charge in [0, 0.05) is 24.4 Å². The summed E-state index contributed by atoms with van der Waals surface area (Å²) in [5.74, 6) is 0. The fourth-order valence-corrected chi connectivity index (χ4v) is 2.11. The zero-order valence-corrected chi connectivity index (χ0v) is 8.19. The standard InChI is InChI=1S/C11H16N2O/c12-8-11(4-2-5-11)10(14)9-3-1-6-13-7-9/h1,3,6-7,10,14H,2,4-5,8,12H2. The molecule has 1 heterocycles. The molecule has 1 atom stereocenters. The number of rotatable bonds is 3. The van der Waals surface area contributed by atoms with Gasteiger partial charge in [-0.05, 0) is 24.5 Å². The van der Waals surface area contributed by atoms with Gasteiger partial charge in [0.1, 0.15) is 0 Å². The van der Waals surface area contributed by atoms with Gasteiger partial charge in [-0.25, -0.2) is 0 Å². The fourth-order valence-electron chi connectivity index (χ4n) is 2.11. The van der Waals surface area contributed by atoms with E-state index in [0.29, 0.717) is 6.54 Å². The average Bonchev–Trinajstić information content (AvgIpc) is 2.18. The highest BCUT2D eigenvalue weighted by atomic mass is 16.3. The molecule has 0 spiro atoms. The van der Waals surface area contributed by atoms with E-state index in [1.54, 1.807) is 12.4 Å². The number of aliphatic hydroxyl groups excluding tert-OH is 1. The van der Waals surface area contributed by atoms with E-state index in [9.17, 15) is 5.11 Å². The van der Waals surface area contributed by atoms with Crippen LogP contribution in [0, 0.1) is 5.41 Å². The molecule has 0 aromatic carbocycles. The number of nitrogens with two attached hydrogens (primary N) is 1. The molecule has 0 amide bonds. The SMILES string of the molecule is NCC1(C(O)c2cccnc2)CCC1. The molecule has 1 aromatic rings. The van der Waals surface area contributed by atoms with Crippen molar-refractivity contribution in [3.63, 3.8) is 0 Å². The first-order valence-corrected chi connectivity index (χ1v) is 5.06. The van der Waals surface area contributed by atoms with Gasteiger partial charge in [-0.3, -0.25) is 4.98 Å². The largest absolute Gasteiger partial charge is 0.388 e. The Morgan fingerprint density at radius 3 is 2.79 bits per heavy atom. The molecule has 0 saturated heterocycles. The third kappa shape index (κ3) is 1.42. The Labute approximate surface area is 84.0 Å². The molecule has 3 N–H and O–H groups in total. The zero-order chi connectivity index (χ0) is 10.0. The molecule has 1 aliphatic carbocycles. The van der Waals surface area contributed by atoms with E-state index in [1.165, 1.54) is 6.42 Å². The summed E-state index contributed by atoms with van der Waals surface area (Å²) in [6, 6.07) is 3.76. The minimum atomic E-state index is -0.449. The first-order chi connectivity index (χ1) is 6.78. The normalized spacial score (nSPS) is 21.3. The van der Waals surface area contributed by atoms with Gasteiger partial charge in [0.25, 0.3) is 0 Å². The van der Waals surface area contributed by atoms with Gasteiger partial charge in [0.2, 0.25) is 0 Å². The summed E-state index contributed by atoms with van der Waals surface area (Å²) >= 11 is 0. The van der Waals surface area contributed by atoms with Crippen LogP contribution in [-0.2, 0) is 0 Å². The molecule has 1 fully saturated rings. The number of hydrogen-bond acceptors (Lipinski definition) is 3. The van der Waals surface area contributed by atoms with Crippen molar-refractivity contribution in [1.29, 1.82) is 0 Å². The summed E-state index contributed by atoms with van der Waals surface area (Å²) in [6.45, 7) is 0.559. The molecule has 0 radical (unpaired) electrons. The Morgan fingerprint density at radius 1 is 1.57 bits per heavy atom. The number of aromatic nitrogens is 1. The Bertz CT molecular complexity index is 290. The second-order valence-electron chi connectivity index (χ2n) is 4.11. The van der Waals surface area contributed by atoms with Crippen LogP contribution in [0.15, 0.2) is 24.5 Å². The van der Waals surface area contributed by atoms with Gasteiger partial charge in [0.15, 0.2) is 0 Å². The minimum Gasteiger partial charge on any atom is -0.388 e. The Morgan fingerprint density at radius 2 is 2.36 bits per heavy atom. The molecular formula is C11H16N2O. The van der Waals surface area contributed by atoms with Gasteiger partial charge < -0.3 is 10.8 Å². The molecule has 1 aliphatic rings. The van der Waals surface area contributed by atoms with E-state index < -0.39 is 6.10 Å². The van der Waals surface area contributed by atoms with Gasteiger partial charge >= 0.3 is 0 Å². The Hall–Kier alpha value is -0.930. The summed E-state index contributed by atoms with van der Waals surface area (Å²) in [6.07, 6.45) is 6.22. The first-order valence-electron chi connectivity index (χ1n) is 5.06. The highest BCUT2D eigenvalue weighted by Crippen LogP contribution is 2.49. The van der Waals surface area contributed by atoms with Crippen molar-refractivity contribution in [3.05, 3.63) is 30.1 Å². The van der Waals surface area contributed by atoms with Crippen molar-refractivity contribution in [3.8, 4) is 0 Å². The third-order valence-electron chi connectivity index (χ3n) is 3.34. The summed E-state index contributed by atoms with van der Waals surface area (Å²) < 4.78 is 0. The number of nitrogens with zero attached hydrogens (tertiary/aromatic N) is 1. The number of hydrogen-bond donors (Lipinski definition) is 2. The predicted octanol–water partition coefficient (Wildman–Crippen LogP) is 1.24. The molecule has 0 aliphatic heterocycles. The van der Waals surface area contributed by atoms with Crippen molar-refractivity contribution in [1.82, 2.24) is 4.98 Å². The zero-order valence-electron chi connectivity index (χ0n) is 8.19. The van der Waals surface area contributed by atoms with E-state index in [4.69, 9.17) is 5.73 Å². The van der Waals surface area contributed by atoms with E-state index in [-0.39, 0.29) is 5.41 Å². The van der Waals surface area contributed by atoms with Crippen LogP contribution in [0.1, 0.15) is 30.9 Å². The number of pyridine rings is 1. The van der Waals surface area contributed by atoms with Crippen molar-refractivity contribution in [2.45, 2.75) is 25.4 Å². The van der Waals surface area contributed by atoms with Crippen LogP contribution in [0.3, 0.4) is 0 Å². The Balaban J connectivity index is 2.19. The molecule has 1 saturated carbocycles. The molecule has 3 heteroatoms. The summed E-state index contributed by atoms with van der Waals surface area (Å²) in [7, 11) is 0. The summed E-state index contributed by atoms with van der Waals surface area (Å²) in [4.78, 5) is 4.01. The molecule has 14 heavy (non-hydrogen) atoms. The molecule has 1 aromatic heterocycles. The highest BCUT2D eigenvalue weighted by Gasteiger charge is 2.42. The lowest BCUT2D eigenvalue weighted by Gasteiger charge is -2.44. The quantitative estimate of drug-likeness (QED) is 0.757. The molecule has 3 nitrogen and oxygen atoms in total. The van der Waals surface area contributed by atoms with Crippen LogP contribution in [0.4, 0.5) is 0 Å². The monoisotopic (exact) mass is 192 g/mol. The highest BCUT2D eigenvalue weighted by molar-refractivity contribution is 5.16. The molecule has 0 bridgehead atoms. The maximum atomic E-state index is 10.2. The molecule has 76 valence electrons. The third-order valence-corrected chi connectivity index (χ3v) is 3.34. The lowest BCUT2D eigenvalue weighted by molar-refractivity contribution is -0.0298. The van der Waals surface area contributed by atoms with Gasteiger partial charge in [0.05, 0.1) is 6.10 Å². The van der Waals surface area contributed by atoms with Crippen molar-refractivity contribution < 1.29 is 5.11 Å². The lowest BCUT2D eigenvalue weighted by Crippen LogP contribution is -2.42. The van der Waals surface area contributed by atoms with E-state index >= 15 is 0 Å². The fraction of sp³-hybridized carbons (Fsp3) is 0.545. The second kappa shape index (κ2) is 3.67. The smallest absolute Gasteiger partial charge is 0.0873 e. The van der Waals surface area contributed by atoms with Crippen LogP contribution < -0.4 is 5.73 Å². The topological polar surface area (TPSA) is 59.1 Å². The maximum absolute atomic E-state index is 10.2. The van der Waals surface area contributed by atoms with Gasteiger partial charge in [-0.2, -0.15) is 0 Å². The Kier molecular flexibility index (Phi) is 2.52. The van der Waals surface area contributed by atoms with Crippen LogP contribution in [0.2, 0.25) is 0 Å². The van der Waals surface area contributed by atoms with Crippen LogP contribution >= 0.6 is 0 Å². The average molecular weight is 192 g/mol. The van der Waals surface area contributed by atoms with Gasteiger partial charge in [-0.15, -0.1) is 0 Å². The van der Waals surface area contributed by atoms with Crippen LogP contribution in [-0.4, -0.2) is 16.6 Å². The van der Waals surface area contributed by atoms with E-state index in [0.717, 1.165) is 18.4 Å². The number of aliphatic hydroxyl groups is 1.